The third-order valence-electron chi connectivity index (χ3n) is 7.37. The van der Waals surface area contributed by atoms with Gasteiger partial charge in [0.15, 0.2) is 0 Å². The van der Waals surface area contributed by atoms with E-state index in [0.717, 1.165) is 0 Å². The minimum absolute atomic E-state index is 0.0804. The molecule has 268 valence electrons. The quantitative estimate of drug-likeness (QED) is 0.152. The molecule has 0 aliphatic heterocycles. The monoisotopic (exact) mass is 726 g/mol. The lowest BCUT2D eigenvalue weighted by atomic mass is 9.76. The van der Waals surface area contributed by atoms with Gasteiger partial charge >= 0.3 is 24.9 Å². The maximum Gasteiger partial charge on any atom is 0.461 e. The predicted molar refractivity (Wildman–Crippen MR) is 152 cm³/mol. The molecular formula is C33H23F13N2O2. The molecule has 0 aromatic heterocycles. The van der Waals surface area contributed by atoms with E-state index in [-0.39, 0.29) is 29.8 Å². The van der Waals surface area contributed by atoms with Crippen LogP contribution in [0.4, 0.5) is 57.1 Å². The molecule has 0 aliphatic rings. The maximum atomic E-state index is 15.1. The Morgan fingerprint density at radius 1 is 0.700 bits per heavy atom. The smallest absolute Gasteiger partial charge is 0.428 e. The molecule has 0 unspecified atom stereocenters. The number of benzene rings is 4. The molecule has 0 saturated carbocycles. The second-order valence-electron chi connectivity index (χ2n) is 10.9. The van der Waals surface area contributed by atoms with Gasteiger partial charge in [-0.05, 0) is 71.8 Å². The normalized spacial score (nSPS) is 13.7. The van der Waals surface area contributed by atoms with Crippen LogP contribution in [0.1, 0.15) is 43.7 Å². The Morgan fingerprint density at radius 2 is 1.26 bits per heavy atom. The Bertz CT molecular complexity index is 1840. The van der Waals surface area contributed by atoms with E-state index < -0.39 is 93.8 Å². The van der Waals surface area contributed by atoms with Crippen molar-refractivity contribution in [2.24, 2.45) is 0 Å². The summed E-state index contributed by atoms with van der Waals surface area (Å²) in [5.41, 5.74) is -8.05. The molecule has 50 heavy (non-hydrogen) atoms. The van der Waals surface area contributed by atoms with Crippen LogP contribution in [0.5, 0.6) is 5.75 Å². The van der Waals surface area contributed by atoms with Gasteiger partial charge in [0.2, 0.25) is 0 Å². The van der Waals surface area contributed by atoms with Crippen molar-refractivity contribution in [3.8, 4) is 5.75 Å². The molecule has 4 nitrogen and oxygen atoms in total. The molecule has 0 aliphatic carbocycles. The summed E-state index contributed by atoms with van der Waals surface area (Å²) in [4.78, 5) is 13.7. The van der Waals surface area contributed by atoms with Crippen LogP contribution in [-0.4, -0.2) is 25.5 Å². The van der Waals surface area contributed by atoms with Crippen molar-refractivity contribution in [2.75, 3.05) is 7.05 Å². The molecule has 0 spiro atoms. The van der Waals surface area contributed by atoms with Crippen LogP contribution < -0.4 is 15.4 Å². The summed E-state index contributed by atoms with van der Waals surface area (Å²) in [5.74, 6) is -7.93. The standard InChI is InChI=1S/C33H23F13N2O2/c1-47-16-18-4-2-17(3-5-18)15-30(20-7-9-27(36)25(13-20)32(42,43)44,21-11-22(34)14-23(12-21)50-33(45,46)29(37)38)48-28(49)19-6-8-26(35)24(10-19)31(39,40)41/h2-14,29,47H,15-16H2,1H3,(H,48,49)/t30-/m1/s1. The summed E-state index contributed by atoms with van der Waals surface area (Å²) in [5, 5.41) is 5.07. The van der Waals surface area contributed by atoms with Crippen molar-refractivity contribution in [3.63, 3.8) is 0 Å². The topological polar surface area (TPSA) is 50.4 Å². The number of hydrogen-bond donors (Lipinski definition) is 2. The molecule has 4 aromatic carbocycles. The zero-order chi connectivity index (χ0) is 37.2. The van der Waals surface area contributed by atoms with Crippen molar-refractivity contribution in [1.29, 1.82) is 0 Å². The number of amides is 1. The van der Waals surface area contributed by atoms with Crippen molar-refractivity contribution >= 4 is 5.91 Å². The van der Waals surface area contributed by atoms with Crippen molar-refractivity contribution in [3.05, 3.63) is 135 Å². The number of ether oxygens (including phenoxy) is 1. The van der Waals surface area contributed by atoms with Gasteiger partial charge in [0, 0.05) is 24.6 Å². The van der Waals surface area contributed by atoms with Gasteiger partial charge in [-0.25, -0.2) is 13.2 Å². The van der Waals surface area contributed by atoms with Gasteiger partial charge in [-0.2, -0.15) is 43.9 Å². The molecule has 4 rings (SSSR count). The van der Waals surface area contributed by atoms with Crippen LogP contribution in [-0.2, 0) is 30.9 Å². The molecule has 0 radical (unpaired) electrons. The number of halogens is 13. The van der Waals surface area contributed by atoms with Crippen molar-refractivity contribution in [1.82, 2.24) is 10.6 Å². The summed E-state index contributed by atoms with van der Waals surface area (Å²) < 4.78 is 184. The molecule has 0 fully saturated rings. The number of nitrogens with one attached hydrogen (secondary N) is 2. The van der Waals surface area contributed by atoms with Crippen LogP contribution in [0.25, 0.3) is 0 Å². The first-order valence-corrected chi connectivity index (χ1v) is 14.1. The van der Waals surface area contributed by atoms with E-state index in [1.54, 1.807) is 7.05 Å². The molecule has 0 bridgehead atoms. The highest BCUT2D eigenvalue weighted by atomic mass is 19.4. The number of alkyl halides is 10. The predicted octanol–water partition coefficient (Wildman–Crippen LogP) is 9.01. The molecule has 0 saturated heterocycles. The lowest BCUT2D eigenvalue weighted by Crippen LogP contribution is -2.49. The highest BCUT2D eigenvalue weighted by Gasteiger charge is 2.45. The molecular weight excluding hydrogens is 703 g/mol. The Balaban J connectivity index is 2.06. The van der Waals surface area contributed by atoms with Crippen LogP contribution in [0, 0.1) is 17.5 Å². The summed E-state index contributed by atoms with van der Waals surface area (Å²) >= 11 is 0. The molecule has 17 heteroatoms. The lowest BCUT2D eigenvalue weighted by Gasteiger charge is -2.37. The number of carbonyl (C=O) groups is 1. The van der Waals surface area contributed by atoms with Gasteiger partial charge in [0.1, 0.15) is 23.2 Å². The zero-order valence-corrected chi connectivity index (χ0v) is 25.2. The second-order valence-corrected chi connectivity index (χ2v) is 10.9. The van der Waals surface area contributed by atoms with Gasteiger partial charge in [0.25, 0.3) is 5.91 Å². The van der Waals surface area contributed by atoms with E-state index in [4.69, 9.17) is 0 Å². The minimum atomic E-state index is -5.39. The van der Waals surface area contributed by atoms with E-state index >= 15 is 4.39 Å². The molecule has 0 heterocycles. The van der Waals surface area contributed by atoms with E-state index in [0.29, 0.717) is 42.4 Å². The highest BCUT2D eigenvalue weighted by molar-refractivity contribution is 5.95. The van der Waals surface area contributed by atoms with Gasteiger partial charge in [0.05, 0.1) is 16.7 Å². The number of rotatable bonds is 11. The van der Waals surface area contributed by atoms with Gasteiger partial charge < -0.3 is 15.4 Å². The fraction of sp³-hybridized carbons (Fsp3) is 0.242. The Labute approximate surface area is 274 Å². The third-order valence-corrected chi connectivity index (χ3v) is 7.37. The van der Waals surface area contributed by atoms with Crippen molar-refractivity contribution in [2.45, 2.75) is 43.4 Å². The first-order chi connectivity index (χ1) is 23.2. The lowest BCUT2D eigenvalue weighted by molar-refractivity contribution is -0.253. The summed E-state index contributed by atoms with van der Waals surface area (Å²) in [6, 6.07) is 9.18. The summed E-state index contributed by atoms with van der Waals surface area (Å²) in [6.07, 6.45) is -21.1. The molecule has 1 amide bonds. The molecule has 1 atom stereocenters. The van der Waals surface area contributed by atoms with E-state index in [1.807, 2.05) is 0 Å². The molecule has 4 aromatic rings. The Kier molecular flexibility index (Phi) is 10.8. The zero-order valence-electron chi connectivity index (χ0n) is 25.2. The average molecular weight is 727 g/mol. The van der Waals surface area contributed by atoms with Gasteiger partial charge in [-0.3, -0.25) is 4.79 Å². The van der Waals surface area contributed by atoms with E-state index in [9.17, 15) is 57.5 Å². The van der Waals surface area contributed by atoms with Crippen LogP contribution in [0.3, 0.4) is 0 Å². The summed E-state index contributed by atoms with van der Waals surface area (Å²) in [6.45, 7) is 0.324. The fourth-order valence-corrected chi connectivity index (χ4v) is 5.07. The average Bonchev–Trinajstić information content (AvgIpc) is 3.00. The van der Waals surface area contributed by atoms with Gasteiger partial charge in [-0.15, -0.1) is 0 Å². The third kappa shape index (κ3) is 8.49. The highest BCUT2D eigenvalue weighted by Crippen LogP contribution is 2.41. The minimum Gasteiger partial charge on any atom is -0.428 e. The number of carbonyl (C=O) groups excluding carboxylic acids is 1. The Hall–Kier alpha value is -4.80. The van der Waals surface area contributed by atoms with Gasteiger partial charge in [-0.1, -0.05) is 30.3 Å². The van der Waals surface area contributed by atoms with Crippen molar-refractivity contribution < 1.29 is 66.6 Å². The number of hydrogen-bond acceptors (Lipinski definition) is 3. The van der Waals surface area contributed by atoms with Crippen LogP contribution in [0.2, 0.25) is 0 Å². The largest absolute Gasteiger partial charge is 0.461 e. The van der Waals surface area contributed by atoms with E-state index in [1.165, 1.54) is 24.3 Å². The Morgan fingerprint density at radius 3 is 1.82 bits per heavy atom. The first-order valence-electron chi connectivity index (χ1n) is 14.1. The maximum absolute atomic E-state index is 15.1. The van der Waals surface area contributed by atoms with E-state index in [2.05, 4.69) is 15.4 Å². The molecule has 2 N–H and O–H groups in total. The fourth-order valence-electron chi connectivity index (χ4n) is 5.07. The SMILES string of the molecule is CNCc1ccc(C[C@](NC(=O)c2ccc(F)c(C(F)(F)F)c2)(c2cc(F)cc(OC(F)(F)C(F)F)c2)c2ccc(F)c(C(F)(F)F)c2)cc1. The first kappa shape index (κ1) is 38.0. The second kappa shape index (κ2) is 14.2. The van der Waals surface area contributed by atoms with Crippen LogP contribution >= 0.6 is 0 Å². The summed E-state index contributed by atoms with van der Waals surface area (Å²) in [7, 11) is 1.61. The van der Waals surface area contributed by atoms with Crippen LogP contribution in [0.15, 0.2) is 78.9 Å².